The van der Waals surface area contributed by atoms with Crippen molar-refractivity contribution in [2.24, 2.45) is 0 Å². The van der Waals surface area contributed by atoms with Crippen molar-refractivity contribution < 1.29 is 38.3 Å². The number of unbranched alkanes of at least 4 members (excludes halogenated alkanes) is 29. The molecule has 131 heavy (non-hydrogen) atoms. The highest BCUT2D eigenvalue weighted by Gasteiger charge is 2.27. The van der Waals surface area contributed by atoms with Crippen LogP contribution in [0, 0.1) is 11.8 Å². The molecule has 0 radical (unpaired) electrons. The van der Waals surface area contributed by atoms with Crippen molar-refractivity contribution in [3.8, 4) is 91.0 Å². The fraction of sp³-hybridized carbons (Fsp3) is 0.439. The Morgan fingerprint density at radius 1 is 0.344 bits per heavy atom. The number of rotatable bonds is 57. The lowest BCUT2D eigenvalue weighted by Crippen LogP contribution is -2.10. The highest BCUT2D eigenvalue weighted by atomic mass is 16.5. The number of carboxylic acids is 1. The predicted molar refractivity (Wildman–Crippen MR) is 542 cm³/mol. The molecule has 11 aromatic rings. The number of fused-ring (bicyclic) bond motifs is 9. The lowest BCUT2D eigenvalue weighted by molar-refractivity contribution is 0.0696. The van der Waals surface area contributed by atoms with Gasteiger partial charge in [-0.1, -0.05) is 283 Å². The van der Waals surface area contributed by atoms with E-state index in [-0.39, 0.29) is 5.56 Å². The van der Waals surface area contributed by atoms with Gasteiger partial charge >= 0.3 is 5.97 Å². The zero-order chi connectivity index (χ0) is 91.0. The van der Waals surface area contributed by atoms with Gasteiger partial charge in [0.25, 0.3) is 0 Å². The van der Waals surface area contributed by atoms with Crippen molar-refractivity contribution in [1.29, 1.82) is 0 Å². The standard InChI is InChI=1S/C114H141N9O8/c1-8-15-22-29-33-40-79-128-102-46-44-47-103(129-80-41-34-30-23-16-9-2)109(102)107-98-70-68-94(116-98)93(67-56-87-83-115-111(85-50-52-86(53-51-85)114(124)125)113-112(87)120-122(121-113)76-37-26-19-12-5)95-69-71-99(117-95)108(110-104(130-81-42-35-31-24-17-10-3)48-45-49-105(110)131-82-43-36-32-25-18-11-4)101-75-73-97(119-101)106(96-72-74-100(107)118-96)84-54-57-88(58-55-84)123(89-59-63-91(64-60-89)126-77-38-27-20-13-6)90-61-65-92(66-62-90)127-78-39-28-21-14-7/h44-55,57-66,68-75,83,116,119H,8-43,76-82H2,1-7H3,(H,124,125). The Labute approximate surface area is 779 Å². The van der Waals surface area contributed by atoms with Crippen molar-refractivity contribution >= 4 is 80.4 Å². The molecule has 17 heteroatoms. The molecule has 6 aromatic carbocycles. The van der Waals surface area contributed by atoms with Gasteiger partial charge in [0.2, 0.25) is 0 Å². The Morgan fingerprint density at radius 3 is 1.12 bits per heavy atom. The van der Waals surface area contributed by atoms with Crippen LogP contribution >= 0.6 is 0 Å². The largest absolute Gasteiger partial charge is 0.494 e. The number of aromatic amines is 2. The summed E-state index contributed by atoms with van der Waals surface area (Å²) in [6.07, 6.45) is 50.3. The number of carboxylic acid groups (broad SMARTS) is 1. The highest BCUT2D eigenvalue weighted by Crippen LogP contribution is 2.48. The Bertz CT molecular complexity index is 5500. The molecule has 2 aliphatic heterocycles. The van der Waals surface area contributed by atoms with Crippen molar-refractivity contribution in [2.45, 2.75) is 286 Å². The van der Waals surface area contributed by atoms with E-state index in [4.69, 9.17) is 53.6 Å². The number of benzene rings is 6. The molecule has 7 heterocycles. The van der Waals surface area contributed by atoms with Crippen LogP contribution in [0.25, 0.3) is 102 Å². The van der Waals surface area contributed by atoms with Crippen LogP contribution in [0.4, 0.5) is 17.1 Å². The first-order valence-corrected chi connectivity index (χ1v) is 50.0. The zero-order valence-corrected chi connectivity index (χ0v) is 79.2. The van der Waals surface area contributed by atoms with E-state index in [1.165, 1.54) is 103 Å². The highest BCUT2D eigenvalue weighted by molar-refractivity contribution is 6.02. The molecule has 0 unspecified atom stereocenters. The zero-order valence-electron chi connectivity index (χ0n) is 79.2. The fourth-order valence-electron chi connectivity index (χ4n) is 17.4. The molecule has 0 aliphatic carbocycles. The second-order valence-corrected chi connectivity index (χ2v) is 35.1. The van der Waals surface area contributed by atoms with Crippen LogP contribution in [0.1, 0.15) is 324 Å². The van der Waals surface area contributed by atoms with Crippen LogP contribution in [0.15, 0.2) is 164 Å². The SMILES string of the molecule is CCCCCCCCOc1cccc(OCCCCCCCC)c1-c1c2nc(c(-c3ccc(N(c4ccc(OCCCCCC)cc4)c4ccc(OCCCCCC)cc4)cc3)c3ccc([nH]3)c(-c3c(OCCCCCCCC)cccc3OCCCCCCCC)c3nc(c(C#Cc4cnc(-c5ccc(C(=O)O)cc5)c5nn(CCCCCC)nc45)c4ccc1[nH]4)C=C3)C=C2. The summed E-state index contributed by atoms with van der Waals surface area (Å²) in [6, 6.07) is 53.8. The first-order chi connectivity index (χ1) is 64.6. The van der Waals surface area contributed by atoms with E-state index in [9.17, 15) is 9.90 Å². The van der Waals surface area contributed by atoms with Crippen molar-refractivity contribution in [3.05, 3.63) is 203 Å². The molecule has 13 rings (SSSR count). The lowest BCUT2D eigenvalue weighted by Gasteiger charge is -2.26. The van der Waals surface area contributed by atoms with Crippen LogP contribution in [0.2, 0.25) is 0 Å². The van der Waals surface area contributed by atoms with Gasteiger partial charge < -0.3 is 48.4 Å². The first kappa shape index (κ1) is 96.7. The number of H-pyrrole nitrogens is 2. The molecule has 0 atom stereocenters. The first-order valence-electron chi connectivity index (χ1n) is 50.0. The van der Waals surface area contributed by atoms with Gasteiger partial charge in [-0.3, -0.25) is 4.98 Å². The van der Waals surface area contributed by atoms with Crippen molar-refractivity contribution in [1.82, 2.24) is 39.9 Å². The number of aromatic nitrogens is 8. The molecule has 2 aliphatic rings. The number of nitrogens with zero attached hydrogens (tertiary/aromatic N) is 7. The number of aryl methyl sites for hydroxylation is 1. The minimum Gasteiger partial charge on any atom is -0.494 e. The summed E-state index contributed by atoms with van der Waals surface area (Å²) in [7, 11) is 0. The molecule has 17 nitrogen and oxygen atoms in total. The number of hydrogen-bond acceptors (Lipinski definition) is 13. The Hall–Kier alpha value is -11.9. The number of carbonyl (C=O) groups is 1. The van der Waals surface area contributed by atoms with Crippen molar-refractivity contribution in [2.75, 3.05) is 44.5 Å². The summed E-state index contributed by atoms with van der Waals surface area (Å²) < 4.78 is 41.3. The lowest BCUT2D eigenvalue weighted by atomic mass is 10.0. The molecular formula is C114H141N9O8. The monoisotopic (exact) mass is 1760 g/mol. The maximum atomic E-state index is 12.2. The van der Waals surface area contributed by atoms with Crippen LogP contribution in [-0.4, -0.2) is 90.6 Å². The molecule has 0 saturated heterocycles. The van der Waals surface area contributed by atoms with Crippen LogP contribution in [0.5, 0.6) is 34.5 Å². The van der Waals surface area contributed by atoms with E-state index in [1.807, 2.05) is 0 Å². The smallest absolute Gasteiger partial charge is 0.335 e. The summed E-state index contributed by atoms with van der Waals surface area (Å²) >= 11 is 0. The second kappa shape index (κ2) is 52.2. The average Bonchev–Trinajstić information content (AvgIpc) is 1.57. The third-order valence-corrected chi connectivity index (χ3v) is 24.8. The minimum absolute atomic E-state index is 0.178. The summed E-state index contributed by atoms with van der Waals surface area (Å²) in [6.45, 7) is 19.8. The van der Waals surface area contributed by atoms with E-state index in [2.05, 4.69) is 233 Å². The summed E-state index contributed by atoms with van der Waals surface area (Å²) in [4.78, 5) is 41.3. The minimum atomic E-state index is -1.01. The van der Waals surface area contributed by atoms with E-state index in [0.29, 0.717) is 125 Å². The third-order valence-electron chi connectivity index (χ3n) is 24.8. The number of nitrogens with one attached hydrogen (secondary N) is 2. The molecule has 0 fully saturated rings. The van der Waals surface area contributed by atoms with Crippen LogP contribution in [-0.2, 0) is 6.54 Å². The molecular weight excluding hydrogens is 1620 g/mol. The second-order valence-electron chi connectivity index (χ2n) is 35.1. The van der Waals surface area contributed by atoms with Crippen LogP contribution < -0.4 is 33.3 Å². The number of hydrogen-bond donors (Lipinski definition) is 3. The van der Waals surface area contributed by atoms with E-state index >= 15 is 0 Å². The van der Waals surface area contributed by atoms with Gasteiger partial charge in [0.05, 0.1) is 102 Å². The van der Waals surface area contributed by atoms with Gasteiger partial charge in [0, 0.05) is 62.1 Å². The summed E-state index contributed by atoms with van der Waals surface area (Å²) in [5, 5.41) is 20.3. The molecule has 3 N–H and O–H groups in total. The molecule has 690 valence electrons. The third kappa shape index (κ3) is 27.2. The van der Waals surface area contributed by atoms with Gasteiger partial charge in [-0.15, -0.1) is 0 Å². The summed E-state index contributed by atoms with van der Waals surface area (Å²) in [5.74, 6) is 10.9. The van der Waals surface area contributed by atoms with E-state index in [0.717, 1.165) is 213 Å². The number of ether oxygens (including phenoxy) is 6. The quantitative estimate of drug-likeness (QED) is 0.0240. The van der Waals surface area contributed by atoms with Gasteiger partial charge in [-0.25, -0.2) is 14.8 Å². The molecule has 8 bridgehead atoms. The fourth-order valence-corrected chi connectivity index (χ4v) is 17.4. The number of anilines is 3. The van der Waals surface area contributed by atoms with Gasteiger partial charge in [-0.05, 0) is 196 Å². The molecule has 0 spiro atoms. The van der Waals surface area contributed by atoms with Crippen molar-refractivity contribution in [3.63, 3.8) is 0 Å². The Morgan fingerprint density at radius 2 is 0.687 bits per heavy atom. The Kier molecular flexibility index (Phi) is 38.5. The van der Waals surface area contributed by atoms with Gasteiger partial charge in [-0.2, -0.15) is 15.0 Å². The van der Waals surface area contributed by atoms with E-state index < -0.39 is 5.97 Å². The van der Waals surface area contributed by atoms with E-state index in [1.54, 1.807) is 35.3 Å². The molecule has 0 saturated carbocycles. The van der Waals surface area contributed by atoms with Gasteiger partial charge in [0.15, 0.2) is 0 Å². The number of aromatic carboxylic acids is 1. The maximum Gasteiger partial charge on any atom is 0.335 e. The average molecular weight is 1770 g/mol. The molecule has 5 aromatic heterocycles. The van der Waals surface area contributed by atoms with Crippen LogP contribution in [0.3, 0.4) is 0 Å². The Balaban J connectivity index is 1.07. The van der Waals surface area contributed by atoms with Gasteiger partial charge in [0.1, 0.15) is 51.2 Å². The topological polar surface area (TPSA) is 197 Å². The maximum absolute atomic E-state index is 12.2. The summed E-state index contributed by atoms with van der Waals surface area (Å²) in [5.41, 5.74) is 17.5. The number of pyridine rings is 1. The molecule has 0 amide bonds. The normalized spacial score (nSPS) is 11.7. The predicted octanol–water partition coefficient (Wildman–Crippen LogP) is 31.5.